The van der Waals surface area contributed by atoms with E-state index in [-0.39, 0.29) is 36.0 Å². The van der Waals surface area contributed by atoms with Gasteiger partial charge in [-0.3, -0.25) is 10.2 Å². The van der Waals surface area contributed by atoms with E-state index >= 15 is 0 Å². The number of halogens is 7. The number of morpholine rings is 1. The second-order valence-corrected chi connectivity index (χ2v) is 7.39. The zero-order chi connectivity index (χ0) is 23.5. The third kappa shape index (κ3) is 6.27. The Hall–Kier alpha value is -2.50. The highest BCUT2D eigenvalue weighted by atomic mass is 35.5. The lowest BCUT2D eigenvalue weighted by Gasteiger charge is -2.35. The molecule has 174 valence electrons. The van der Waals surface area contributed by atoms with E-state index in [1.165, 1.54) is 17.0 Å². The standard InChI is InChI=1S/C20H17ClF6N2O3/c21-13-3-2-12(8-15(13)23)28-19(30)32-18(20(25,26)27)10-29-5-6-31-17(9-29)11-1-4-14(22)16(24)7-11/h1-4,7-8,17-18H,5-6,9-10H2,(H,28,30)/t17-,18+/m1/s1. The summed E-state index contributed by atoms with van der Waals surface area (Å²) in [6, 6.07) is 6.26. The van der Waals surface area contributed by atoms with Gasteiger partial charge in [-0.1, -0.05) is 17.7 Å². The van der Waals surface area contributed by atoms with Crippen LogP contribution in [-0.4, -0.2) is 49.5 Å². The van der Waals surface area contributed by atoms with Crippen molar-refractivity contribution in [2.45, 2.75) is 18.4 Å². The number of nitrogens with zero attached hydrogens (tertiary/aromatic N) is 1. The van der Waals surface area contributed by atoms with Crippen LogP contribution in [-0.2, 0) is 9.47 Å². The largest absolute Gasteiger partial charge is 0.435 e. The lowest BCUT2D eigenvalue weighted by molar-refractivity contribution is -0.209. The number of ether oxygens (including phenoxy) is 2. The number of anilines is 1. The molecule has 3 rings (SSSR count). The van der Waals surface area contributed by atoms with Gasteiger partial charge in [0.25, 0.3) is 0 Å². The second kappa shape index (κ2) is 9.97. The van der Waals surface area contributed by atoms with Gasteiger partial charge in [-0.2, -0.15) is 13.2 Å². The molecule has 2 aromatic carbocycles. The number of amides is 1. The summed E-state index contributed by atoms with van der Waals surface area (Å²) < 4.78 is 90.5. The van der Waals surface area contributed by atoms with Gasteiger partial charge < -0.3 is 9.47 Å². The molecule has 0 spiro atoms. The summed E-state index contributed by atoms with van der Waals surface area (Å²) in [5.41, 5.74) is 0.128. The average Bonchev–Trinajstić information content (AvgIpc) is 2.72. The molecule has 2 aromatic rings. The maximum Gasteiger partial charge on any atom is 0.426 e. The van der Waals surface area contributed by atoms with Crippen molar-refractivity contribution in [3.63, 3.8) is 0 Å². The number of hydrogen-bond donors (Lipinski definition) is 1. The average molecular weight is 483 g/mol. The van der Waals surface area contributed by atoms with E-state index in [4.69, 9.17) is 16.3 Å². The molecule has 0 saturated carbocycles. The number of hydrogen-bond acceptors (Lipinski definition) is 4. The molecule has 1 heterocycles. The van der Waals surface area contributed by atoms with Crippen LogP contribution >= 0.6 is 11.6 Å². The fraction of sp³-hybridized carbons (Fsp3) is 0.350. The molecule has 32 heavy (non-hydrogen) atoms. The lowest BCUT2D eigenvalue weighted by atomic mass is 10.1. The summed E-state index contributed by atoms with van der Waals surface area (Å²) in [5.74, 6) is -3.03. The molecule has 0 radical (unpaired) electrons. The molecule has 0 aliphatic carbocycles. The van der Waals surface area contributed by atoms with Crippen LogP contribution < -0.4 is 5.32 Å². The quantitative estimate of drug-likeness (QED) is 0.587. The van der Waals surface area contributed by atoms with E-state index in [2.05, 4.69) is 4.74 Å². The highest BCUT2D eigenvalue weighted by molar-refractivity contribution is 6.30. The van der Waals surface area contributed by atoms with E-state index < -0.39 is 48.5 Å². The van der Waals surface area contributed by atoms with Crippen molar-refractivity contribution in [2.24, 2.45) is 0 Å². The van der Waals surface area contributed by atoms with E-state index in [9.17, 15) is 31.1 Å². The number of nitrogens with one attached hydrogen (secondary N) is 1. The van der Waals surface area contributed by atoms with Crippen molar-refractivity contribution in [3.8, 4) is 0 Å². The van der Waals surface area contributed by atoms with Crippen LogP contribution in [0.2, 0.25) is 5.02 Å². The molecule has 1 aliphatic heterocycles. The van der Waals surface area contributed by atoms with Gasteiger partial charge in [0.2, 0.25) is 6.10 Å². The van der Waals surface area contributed by atoms with Crippen LogP contribution in [0.25, 0.3) is 0 Å². The maximum absolute atomic E-state index is 13.5. The fourth-order valence-corrected chi connectivity index (χ4v) is 3.19. The molecule has 1 fully saturated rings. The molecule has 1 aliphatic rings. The predicted octanol–water partition coefficient (Wildman–Crippen LogP) is 5.31. The topological polar surface area (TPSA) is 50.8 Å². The summed E-state index contributed by atoms with van der Waals surface area (Å²) >= 11 is 5.52. The highest BCUT2D eigenvalue weighted by Gasteiger charge is 2.44. The zero-order valence-corrected chi connectivity index (χ0v) is 17.0. The molecule has 0 aromatic heterocycles. The summed E-state index contributed by atoms with van der Waals surface area (Å²) in [4.78, 5) is 13.3. The first-order chi connectivity index (χ1) is 15.0. The smallest absolute Gasteiger partial charge is 0.426 e. The van der Waals surface area contributed by atoms with Crippen LogP contribution in [0.5, 0.6) is 0 Å². The minimum atomic E-state index is -4.89. The minimum Gasteiger partial charge on any atom is -0.435 e. The Morgan fingerprint density at radius 3 is 2.56 bits per heavy atom. The molecule has 1 amide bonds. The van der Waals surface area contributed by atoms with Gasteiger partial charge in [0.1, 0.15) is 5.82 Å². The van der Waals surface area contributed by atoms with Gasteiger partial charge >= 0.3 is 12.3 Å². The van der Waals surface area contributed by atoms with Gasteiger partial charge in [0.05, 0.1) is 17.7 Å². The Balaban J connectivity index is 1.65. The Morgan fingerprint density at radius 1 is 1.16 bits per heavy atom. The van der Waals surface area contributed by atoms with Crippen molar-refractivity contribution in [3.05, 3.63) is 64.4 Å². The van der Waals surface area contributed by atoms with Crippen molar-refractivity contribution in [1.82, 2.24) is 4.90 Å². The maximum atomic E-state index is 13.5. The van der Waals surface area contributed by atoms with Crippen LogP contribution in [0, 0.1) is 17.5 Å². The summed E-state index contributed by atoms with van der Waals surface area (Å²) in [6.45, 7) is -0.648. The lowest BCUT2D eigenvalue weighted by Crippen LogP contribution is -2.48. The fourth-order valence-electron chi connectivity index (χ4n) is 3.08. The summed E-state index contributed by atoms with van der Waals surface area (Å²) in [6.07, 6.45) is -9.61. The molecular formula is C20H17ClF6N2O3. The number of benzene rings is 2. The van der Waals surface area contributed by atoms with Crippen molar-refractivity contribution in [1.29, 1.82) is 0 Å². The molecule has 2 atom stereocenters. The molecule has 5 nitrogen and oxygen atoms in total. The monoisotopic (exact) mass is 482 g/mol. The van der Waals surface area contributed by atoms with Crippen molar-refractivity contribution >= 4 is 23.4 Å². The van der Waals surface area contributed by atoms with Gasteiger partial charge in [0, 0.05) is 25.3 Å². The van der Waals surface area contributed by atoms with Crippen molar-refractivity contribution < 1.29 is 40.6 Å². The number of alkyl halides is 3. The first-order valence-electron chi connectivity index (χ1n) is 9.31. The third-order valence-electron chi connectivity index (χ3n) is 4.67. The molecule has 12 heteroatoms. The molecule has 0 unspecified atom stereocenters. The van der Waals surface area contributed by atoms with Crippen LogP contribution in [0.4, 0.5) is 36.8 Å². The van der Waals surface area contributed by atoms with Gasteiger partial charge in [-0.25, -0.2) is 18.0 Å². The first kappa shape index (κ1) is 24.1. The number of carbonyl (C=O) groups excluding carboxylic acids is 1. The van der Waals surface area contributed by atoms with E-state index in [1.807, 2.05) is 5.32 Å². The van der Waals surface area contributed by atoms with Gasteiger partial charge in [-0.05, 0) is 35.9 Å². The van der Waals surface area contributed by atoms with Crippen LogP contribution in [0.15, 0.2) is 36.4 Å². The number of rotatable bonds is 5. The predicted molar refractivity (Wildman–Crippen MR) is 103 cm³/mol. The molecule has 1 N–H and O–H groups in total. The Bertz CT molecular complexity index is 975. The second-order valence-electron chi connectivity index (χ2n) is 6.98. The molecule has 0 bridgehead atoms. The van der Waals surface area contributed by atoms with Crippen LogP contribution in [0.3, 0.4) is 0 Å². The Kier molecular flexibility index (Phi) is 7.52. The Morgan fingerprint density at radius 2 is 1.91 bits per heavy atom. The summed E-state index contributed by atoms with van der Waals surface area (Å²) in [5, 5.41) is 1.79. The van der Waals surface area contributed by atoms with E-state index in [1.54, 1.807) is 0 Å². The van der Waals surface area contributed by atoms with E-state index in [0.717, 1.165) is 24.3 Å². The third-order valence-corrected chi connectivity index (χ3v) is 4.98. The number of carbonyl (C=O) groups is 1. The Labute approximate surface area is 183 Å². The van der Waals surface area contributed by atoms with Crippen LogP contribution in [0.1, 0.15) is 11.7 Å². The normalized spacial score (nSPS) is 18.3. The molecule has 1 saturated heterocycles. The van der Waals surface area contributed by atoms with Crippen molar-refractivity contribution in [2.75, 3.05) is 31.6 Å². The SMILES string of the molecule is O=C(Nc1ccc(Cl)c(F)c1)O[C@@H](CN1CCO[C@@H](c2ccc(F)c(F)c2)C1)C(F)(F)F. The molecular weight excluding hydrogens is 466 g/mol. The highest BCUT2D eigenvalue weighted by Crippen LogP contribution is 2.28. The first-order valence-corrected chi connectivity index (χ1v) is 9.69. The van der Waals surface area contributed by atoms with Gasteiger partial charge in [0.15, 0.2) is 11.6 Å². The summed E-state index contributed by atoms with van der Waals surface area (Å²) in [7, 11) is 0. The van der Waals surface area contributed by atoms with Gasteiger partial charge in [-0.15, -0.1) is 0 Å². The van der Waals surface area contributed by atoms with E-state index in [0.29, 0.717) is 0 Å². The minimum absolute atomic E-state index is 0.0322. The zero-order valence-electron chi connectivity index (χ0n) is 16.3.